The molecule has 2 rings (SSSR count). The van der Waals surface area contributed by atoms with E-state index in [4.69, 9.17) is 0 Å². The van der Waals surface area contributed by atoms with Crippen LogP contribution >= 0.6 is 11.3 Å². The van der Waals surface area contributed by atoms with Crippen LogP contribution < -0.4 is 4.90 Å². The van der Waals surface area contributed by atoms with Crippen molar-refractivity contribution in [1.29, 1.82) is 0 Å². The Morgan fingerprint density at radius 1 is 1.12 bits per heavy atom. The smallest absolute Gasteiger partial charge is 0.208 e. The van der Waals surface area contributed by atoms with Crippen LogP contribution in [0.5, 0.6) is 0 Å². The lowest BCUT2D eigenvalue weighted by Crippen LogP contribution is -2.46. The molecule has 0 saturated carbocycles. The van der Waals surface area contributed by atoms with Crippen LogP contribution in [0.4, 0.5) is 5.13 Å². The summed E-state index contributed by atoms with van der Waals surface area (Å²) in [6.45, 7) is 14.4. The zero-order valence-electron chi connectivity index (χ0n) is 11.2. The monoisotopic (exact) mass is 254 g/mol. The third kappa shape index (κ3) is 2.96. The Hall–Kier alpha value is -0.680. The summed E-state index contributed by atoms with van der Waals surface area (Å²) >= 11 is 1.74. The molecule has 0 unspecified atom stereocenters. The molecule has 0 aliphatic carbocycles. The van der Waals surface area contributed by atoms with Crippen LogP contribution in [-0.2, 0) is 5.41 Å². The van der Waals surface area contributed by atoms with Gasteiger partial charge in [-0.1, -0.05) is 39.0 Å². The largest absolute Gasteiger partial charge is 0.344 e. The van der Waals surface area contributed by atoms with Crippen molar-refractivity contribution in [2.45, 2.75) is 33.1 Å². The summed E-state index contributed by atoms with van der Waals surface area (Å²) in [5.41, 5.74) is 0.112. The van der Waals surface area contributed by atoms with Gasteiger partial charge in [-0.2, -0.15) is 0 Å². The molecule has 0 spiro atoms. The molecular weight excluding hydrogens is 232 g/mol. The van der Waals surface area contributed by atoms with Gasteiger partial charge in [0.05, 0.1) is 0 Å². The summed E-state index contributed by atoms with van der Waals surface area (Å²) in [7, 11) is 0. The van der Waals surface area contributed by atoms with Crippen LogP contribution in [0, 0.1) is 0 Å². The Morgan fingerprint density at radius 3 is 2.24 bits per heavy atom. The minimum atomic E-state index is 0.112. The van der Waals surface area contributed by atoms with E-state index < -0.39 is 0 Å². The van der Waals surface area contributed by atoms with E-state index in [9.17, 15) is 0 Å². The maximum absolute atomic E-state index is 4.33. The van der Waals surface area contributed by atoms with Gasteiger partial charge >= 0.3 is 0 Å². The minimum absolute atomic E-state index is 0.112. The van der Waals surface area contributed by atoms with E-state index in [1.54, 1.807) is 11.3 Å². The van der Waals surface area contributed by atoms with E-state index in [0.29, 0.717) is 0 Å². The average Bonchev–Trinajstić information content (AvgIpc) is 2.78. The fraction of sp³-hybridized carbons (Fsp3) is 0.833. The molecule has 4 nitrogen and oxygen atoms in total. The van der Waals surface area contributed by atoms with Gasteiger partial charge in [-0.25, -0.2) is 0 Å². The van der Waals surface area contributed by atoms with Gasteiger partial charge in [0.25, 0.3) is 0 Å². The van der Waals surface area contributed by atoms with Crippen LogP contribution in [0.2, 0.25) is 0 Å². The molecule has 1 aliphatic heterocycles. The fourth-order valence-electron chi connectivity index (χ4n) is 1.90. The molecule has 0 radical (unpaired) electrons. The van der Waals surface area contributed by atoms with Crippen LogP contribution in [0.3, 0.4) is 0 Å². The lowest BCUT2D eigenvalue weighted by Gasteiger charge is -2.33. The van der Waals surface area contributed by atoms with Gasteiger partial charge in [-0.3, -0.25) is 0 Å². The Bertz CT molecular complexity index is 361. The van der Waals surface area contributed by atoms with Crippen molar-refractivity contribution in [2.24, 2.45) is 0 Å². The fourth-order valence-corrected chi connectivity index (χ4v) is 2.86. The summed E-state index contributed by atoms with van der Waals surface area (Å²) in [5.74, 6) is 0. The number of anilines is 1. The second kappa shape index (κ2) is 4.90. The minimum Gasteiger partial charge on any atom is -0.344 e. The van der Waals surface area contributed by atoms with Crippen LogP contribution in [-0.4, -0.2) is 47.8 Å². The Balaban J connectivity index is 2.02. The average molecular weight is 254 g/mol. The Labute approximate surface area is 108 Å². The molecule has 17 heavy (non-hydrogen) atoms. The molecule has 0 aromatic carbocycles. The van der Waals surface area contributed by atoms with Crippen LogP contribution in [0.1, 0.15) is 32.7 Å². The Morgan fingerprint density at radius 2 is 1.76 bits per heavy atom. The maximum Gasteiger partial charge on any atom is 0.208 e. The van der Waals surface area contributed by atoms with Gasteiger partial charge in [-0.05, 0) is 6.54 Å². The zero-order chi connectivity index (χ0) is 12.5. The van der Waals surface area contributed by atoms with Crippen molar-refractivity contribution in [3.8, 4) is 0 Å². The number of rotatable bonds is 2. The molecule has 2 heterocycles. The van der Waals surface area contributed by atoms with Crippen molar-refractivity contribution >= 4 is 16.5 Å². The predicted octanol–water partition coefficient (Wildman–Crippen LogP) is 1.98. The lowest BCUT2D eigenvalue weighted by atomic mass is 9.98. The van der Waals surface area contributed by atoms with Crippen molar-refractivity contribution < 1.29 is 0 Å². The number of likely N-dealkylation sites (N-methyl/N-ethyl adjacent to an activating group) is 1. The number of hydrogen-bond acceptors (Lipinski definition) is 5. The molecule has 1 saturated heterocycles. The SMILES string of the molecule is CCN1CCN(c2nnc(C(C)(C)C)s2)CC1. The first kappa shape index (κ1) is 12.8. The topological polar surface area (TPSA) is 32.3 Å². The summed E-state index contributed by atoms with van der Waals surface area (Å²) in [6.07, 6.45) is 0. The third-order valence-electron chi connectivity index (χ3n) is 3.15. The maximum atomic E-state index is 4.33. The quantitative estimate of drug-likeness (QED) is 0.808. The van der Waals surface area contributed by atoms with Crippen molar-refractivity contribution in [1.82, 2.24) is 15.1 Å². The molecule has 5 heteroatoms. The molecule has 96 valence electrons. The first-order chi connectivity index (χ1) is 8.00. The molecule has 0 amide bonds. The summed E-state index contributed by atoms with van der Waals surface area (Å²) < 4.78 is 0. The number of aromatic nitrogens is 2. The van der Waals surface area contributed by atoms with E-state index in [-0.39, 0.29) is 5.41 Å². The van der Waals surface area contributed by atoms with Gasteiger partial charge in [0.1, 0.15) is 5.01 Å². The van der Waals surface area contributed by atoms with Gasteiger partial charge in [-0.15, -0.1) is 10.2 Å². The van der Waals surface area contributed by atoms with Gasteiger partial charge in [0, 0.05) is 31.6 Å². The molecule has 1 fully saturated rings. The highest BCUT2D eigenvalue weighted by Gasteiger charge is 2.23. The van der Waals surface area contributed by atoms with Crippen molar-refractivity contribution in [3.05, 3.63) is 5.01 Å². The second-order valence-electron chi connectivity index (χ2n) is 5.56. The van der Waals surface area contributed by atoms with E-state index in [0.717, 1.165) is 42.9 Å². The van der Waals surface area contributed by atoms with Crippen LogP contribution in [0.15, 0.2) is 0 Å². The molecule has 0 N–H and O–H groups in total. The van der Waals surface area contributed by atoms with E-state index in [1.165, 1.54) is 0 Å². The highest BCUT2D eigenvalue weighted by Crippen LogP contribution is 2.30. The number of hydrogen-bond donors (Lipinski definition) is 0. The molecular formula is C12H22N4S. The Kier molecular flexibility index (Phi) is 3.68. The summed E-state index contributed by atoms with van der Waals surface area (Å²) in [5, 5.41) is 10.9. The van der Waals surface area contributed by atoms with Crippen LogP contribution in [0.25, 0.3) is 0 Å². The van der Waals surface area contributed by atoms with Gasteiger partial charge in [0.2, 0.25) is 5.13 Å². The van der Waals surface area contributed by atoms with Gasteiger partial charge in [0.15, 0.2) is 0 Å². The summed E-state index contributed by atoms with van der Waals surface area (Å²) in [6, 6.07) is 0. The van der Waals surface area contributed by atoms with E-state index in [2.05, 4.69) is 47.7 Å². The molecule has 1 aliphatic rings. The first-order valence-electron chi connectivity index (χ1n) is 6.32. The highest BCUT2D eigenvalue weighted by atomic mass is 32.1. The highest BCUT2D eigenvalue weighted by molar-refractivity contribution is 7.15. The number of piperazine rings is 1. The lowest BCUT2D eigenvalue weighted by molar-refractivity contribution is 0.271. The second-order valence-corrected chi connectivity index (χ2v) is 6.52. The molecule has 1 aromatic rings. The standard InChI is InChI=1S/C12H22N4S/c1-5-15-6-8-16(9-7-15)11-14-13-10(17-11)12(2,3)4/h5-9H2,1-4H3. The zero-order valence-corrected chi connectivity index (χ0v) is 12.0. The number of nitrogens with zero attached hydrogens (tertiary/aromatic N) is 4. The van der Waals surface area contributed by atoms with Crippen molar-refractivity contribution in [3.63, 3.8) is 0 Å². The predicted molar refractivity (Wildman–Crippen MR) is 72.9 cm³/mol. The van der Waals surface area contributed by atoms with Crippen molar-refractivity contribution in [2.75, 3.05) is 37.6 Å². The third-order valence-corrected chi connectivity index (χ3v) is 4.56. The van der Waals surface area contributed by atoms with E-state index >= 15 is 0 Å². The van der Waals surface area contributed by atoms with E-state index in [1.807, 2.05) is 0 Å². The summed E-state index contributed by atoms with van der Waals surface area (Å²) in [4.78, 5) is 4.83. The first-order valence-corrected chi connectivity index (χ1v) is 7.13. The van der Waals surface area contributed by atoms with Gasteiger partial charge < -0.3 is 9.80 Å². The molecule has 0 bridgehead atoms. The molecule has 0 atom stereocenters. The molecule has 1 aromatic heterocycles. The normalized spacial score (nSPS) is 18.7.